The lowest BCUT2D eigenvalue weighted by molar-refractivity contribution is -0.0203. The summed E-state index contributed by atoms with van der Waals surface area (Å²) in [5.41, 5.74) is 0. The highest BCUT2D eigenvalue weighted by Gasteiger charge is 2.29. The van der Waals surface area contributed by atoms with Crippen molar-refractivity contribution in [2.75, 3.05) is 29.9 Å². The van der Waals surface area contributed by atoms with E-state index in [0.717, 1.165) is 57.1 Å². The van der Waals surface area contributed by atoms with Gasteiger partial charge in [-0.05, 0) is 37.5 Å². The zero-order chi connectivity index (χ0) is 19.3. The van der Waals surface area contributed by atoms with E-state index in [1.165, 1.54) is 6.42 Å². The zero-order valence-corrected chi connectivity index (χ0v) is 16.9. The fraction of sp³-hybridized carbons (Fsp3) is 0.700. The number of nitrogens with zero attached hydrogens (tertiary/aromatic N) is 6. The first-order chi connectivity index (χ1) is 13.7. The van der Waals surface area contributed by atoms with Gasteiger partial charge in [0.1, 0.15) is 30.6 Å². The van der Waals surface area contributed by atoms with Gasteiger partial charge in [-0.15, -0.1) is 0 Å². The predicted octanol–water partition coefficient (Wildman–Crippen LogP) is 2.60. The summed E-state index contributed by atoms with van der Waals surface area (Å²) in [6.45, 7) is 8.22. The molecule has 2 saturated heterocycles. The van der Waals surface area contributed by atoms with Crippen LogP contribution in [0.2, 0.25) is 0 Å². The fourth-order valence-corrected chi connectivity index (χ4v) is 4.42. The third-order valence-electron chi connectivity index (χ3n) is 5.76. The topological polar surface area (TPSA) is 81.0 Å². The molecule has 4 heterocycles. The summed E-state index contributed by atoms with van der Waals surface area (Å²) in [4.78, 5) is 15.4. The van der Waals surface area contributed by atoms with Crippen LogP contribution < -0.4 is 10.2 Å². The van der Waals surface area contributed by atoms with Crippen molar-refractivity contribution in [3.05, 3.63) is 25.0 Å². The Kier molecular flexibility index (Phi) is 6.04. The van der Waals surface area contributed by atoms with Crippen LogP contribution in [0.25, 0.3) is 0 Å². The average molecular weight is 386 g/mol. The van der Waals surface area contributed by atoms with E-state index in [4.69, 9.17) is 4.74 Å². The first-order valence-corrected chi connectivity index (χ1v) is 10.5. The Morgan fingerprint density at radius 3 is 2.96 bits per heavy atom. The van der Waals surface area contributed by atoms with Crippen LogP contribution in [-0.4, -0.2) is 56.6 Å². The van der Waals surface area contributed by atoms with Gasteiger partial charge in [0, 0.05) is 32.3 Å². The highest BCUT2D eigenvalue weighted by molar-refractivity contribution is 5.49. The van der Waals surface area contributed by atoms with E-state index in [-0.39, 0.29) is 6.10 Å². The van der Waals surface area contributed by atoms with Crippen LogP contribution in [0.15, 0.2) is 25.0 Å². The molecule has 0 spiro atoms. The van der Waals surface area contributed by atoms with Crippen molar-refractivity contribution < 1.29 is 4.74 Å². The molecule has 0 radical (unpaired) electrons. The molecule has 3 atom stereocenters. The van der Waals surface area contributed by atoms with Gasteiger partial charge < -0.3 is 15.0 Å². The molecule has 0 aliphatic carbocycles. The molecule has 0 unspecified atom stereocenters. The first kappa shape index (κ1) is 19.1. The molecule has 8 nitrogen and oxygen atoms in total. The Labute approximate surface area is 166 Å². The van der Waals surface area contributed by atoms with E-state index in [9.17, 15) is 0 Å². The number of piperidine rings is 1. The molecular formula is C20H31N7O. The van der Waals surface area contributed by atoms with Gasteiger partial charge in [-0.25, -0.2) is 15.0 Å². The van der Waals surface area contributed by atoms with Crippen molar-refractivity contribution in [3.63, 3.8) is 0 Å². The molecule has 0 bridgehead atoms. The van der Waals surface area contributed by atoms with Crippen molar-refractivity contribution in [2.45, 2.75) is 58.2 Å². The van der Waals surface area contributed by atoms with E-state index in [1.807, 2.05) is 4.68 Å². The van der Waals surface area contributed by atoms with Crippen molar-refractivity contribution in [3.8, 4) is 0 Å². The van der Waals surface area contributed by atoms with Gasteiger partial charge in [-0.3, -0.25) is 4.68 Å². The van der Waals surface area contributed by atoms with Crippen LogP contribution in [0.4, 0.5) is 11.6 Å². The molecule has 1 N–H and O–H groups in total. The molecule has 4 rings (SSSR count). The lowest BCUT2D eigenvalue weighted by atomic mass is 9.93. The molecule has 0 amide bonds. The number of hydrogen-bond donors (Lipinski definition) is 1. The Balaban J connectivity index is 1.41. The van der Waals surface area contributed by atoms with E-state index in [2.05, 4.69) is 50.2 Å². The van der Waals surface area contributed by atoms with Crippen LogP contribution in [0, 0.1) is 11.8 Å². The van der Waals surface area contributed by atoms with Crippen LogP contribution in [0.1, 0.15) is 39.5 Å². The molecule has 2 aromatic heterocycles. The van der Waals surface area contributed by atoms with Crippen molar-refractivity contribution in [1.29, 1.82) is 0 Å². The predicted molar refractivity (Wildman–Crippen MR) is 108 cm³/mol. The zero-order valence-electron chi connectivity index (χ0n) is 16.9. The highest BCUT2D eigenvalue weighted by Crippen LogP contribution is 2.26. The minimum atomic E-state index is 0.231. The average Bonchev–Trinajstić information content (AvgIpc) is 3.22. The summed E-state index contributed by atoms with van der Waals surface area (Å²) >= 11 is 0. The summed E-state index contributed by atoms with van der Waals surface area (Å²) < 4.78 is 7.93. The molecule has 152 valence electrons. The molecule has 2 aliphatic rings. The molecule has 2 aromatic rings. The fourth-order valence-electron chi connectivity index (χ4n) is 4.42. The number of ether oxygens (including phenoxy) is 1. The molecule has 2 aliphatic heterocycles. The number of nitrogens with one attached hydrogen (secondary N) is 1. The van der Waals surface area contributed by atoms with E-state index < -0.39 is 0 Å². The molecule has 2 fully saturated rings. The van der Waals surface area contributed by atoms with Crippen LogP contribution in [0.5, 0.6) is 0 Å². The van der Waals surface area contributed by atoms with Gasteiger partial charge in [-0.1, -0.05) is 13.8 Å². The molecule has 28 heavy (non-hydrogen) atoms. The Morgan fingerprint density at radius 1 is 1.21 bits per heavy atom. The molecule has 8 heteroatoms. The van der Waals surface area contributed by atoms with Gasteiger partial charge in [0.25, 0.3) is 0 Å². The van der Waals surface area contributed by atoms with Crippen molar-refractivity contribution in [1.82, 2.24) is 24.7 Å². The number of rotatable bonds is 6. The maximum Gasteiger partial charge on any atom is 0.137 e. The largest absolute Gasteiger partial charge is 0.376 e. The number of hydrogen-bond acceptors (Lipinski definition) is 7. The minimum absolute atomic E-state index is 0.231. The normalized spacial score (nSPS) is 25.8. The quantitative estimate of drug-likeness (QED) is 0.818. The number of aromatic nitrogens is 5. The monoisotopic (exact) mass is 385 g/mol. The molecule has 0 aromatic carbocycles. The van der Waals surface area contributed by atoms with E-state index in [0.29, 0.717) is 17.9 Å². The van der Waals surface area contributed by atoms with Gasteiger partial charge in [0.15, 0.2) is 0 Å². The van der Waals surface area contributed by atoms with Gasteiger partial charge >= 0.3 is 0 Å². The third-order valence-corrected chi connectivity index (χ3v) is 5.76. The second-order valence-electron chi connectivity index (χ2n) is 8.31. The van der Waals surface area contributed by atoms with Gasteiger partial charge in [0.05, 0.1) is 12.1 Å². The third kappa shape index (κ3) is 4.60. The summed E-state index contributed by atoms with van der Waals surface area (Å²) in [6.07, 6.45) is 9.88. The summed E-state index contributed by atoms with van der Waals surface area (Å²) in [7, 11) is 0. The standard InChI is InChI=1S/C20H31N7O/c1-15(2)20-17(6-4-8-28-20)25-18-9-19(23-13-22-18)26-7-3-5-16(10-26)11-27-14-21-12-24-27/h9,12-17,20H,3-8,10-11H2,1-2H3,(H,22,23,25)/t16-,17-,20-/m0/s1. The first-order valence-electron chi connectivity index (χ1n) is 10.5. The van der Waals surface area contributed by atoms with Crippen LogP contribution >= 0.6 is 0 Å². The molecular weight excluding hydrogens is 354 g/mol. The number of anilines is 2. The SMILES string of the molecule is CC(C)[C@@H]1OCCC[C@@H]1Nc1cc(N2CCC[C@H](Cn3cncn3)C2)ncn1. The smallest absolute Gasteiger partial charge is 0.137 e. The Morgan fingerprint density at radius 2 is 2.14 bits per heavy atom. The van der Waals surface area contributed by atoms with Crippen molar-refractivity contribution in [2.24, 2.45) is 11.8 Å². The van der Waals surface area contributed by atoms with E-state index >= 15 is 0 Å². The Bertz CT molecular complexity index is 736. The lowest BCUT2D eigenvalue weighted by Gasteiger charge is -2.36. The minimum Gasteiger partial charge on any atom is -0.376 e. The van der Waals surface area contributed by atoms with Crippen molar-refractivity contribution >= 4 is 11.6 Å². The summed E-state index contributed by atoms with van der Waals surface area (Å²) in [5, 5.41) is 7.86. The highest BCUT2D eigenvalue weighted by atomic mass is 16.5. The summed E-state index contributed by atoms with van der Waals surface area (Å²) in [5.74, 6) is 2.93. The maximum atomic E-state index is 6.01. The maximum absolute atomic E-state index is 6.01. The van der Waals surface area contributed by atoms with Gasteiger partial charge in [-0.2, -0.15) is 5.10 Å². The van der Waals surface area contributed by atoms with Gasteiger partial charge in [0.2, 0.25) is 0 Å². The van der Waals surface area contributed by atoms with E-state index in [1.54, 1.807) is 19.0 Å². The lowest BCUT2D eigenvalue weighted by Crippen LogP contribution is -2.43. The summed E-state index contributed by atoms with van der Waals surface area (Å²) in [6, 6.07) is 2.39. The van der Waals surface area contributed by atoms with Crippen LogP contribution in [0.3, 0.4) is 0 Å². The second-order valence-corrected chi connectivity index (χ2v) is 8.31. The second kappa shape index (κ2) is 8.86. The Hall–Kier alpha value is -2.22. The van der Waals surface area contributed by atoms with Crippen LogP contribution in [-0.2, 0) is 11.3 Å². The molecule has 0 saturated carbocycles.